The third kappa shape index (κ3) is 13.3. The van der Waals surface area contributed by atoms with E-state index in [9.17, 15) is 9.59 Å². The molecule has 1 aromatic rings. The summed E-state index contributed by atoms with van der Waals surface area (Å²) < 4.78 is 0. The van der Waals surface area contributed by atoms with Crippen molar-refractivity contribution in [3.05, 3.63) is 29.8 Å². The van der Waals surface area contributed by atoms with Crippen LogP contribution in [0.2, 0.25) is 0 Å². The van der Waals surface area contributed by atoms with Crippen molar-refractivity contribution in [3.63, 3.8) is 0 Å². The zero-order valence-electron chi connectivity index (χ0n) is 18.7. The summed E-state index contributed by atoms with van der Waals surface area (Å²) in [7, 11) is 1.62. The lowest BCUT2D eigenvalue weighted by atomic mass is 10.1. The Kier molecular flexibility index (Phi) is 14.6. The number of rotatable bonds is 15. The van der Waals surface area contributed by atoms with Crippen LogP contribution in [0, 0.1) is 0 Å². The maximum Gasteiger partial charge on any atom is 0.226 e. The first-order chi connectivity index (χ1) is 14.5. The van der Waals surface area contributed by atoms with E-state index in [0.29, 0.717) is 18.0 Å². The molecule has 3 N–H and O–H groups in total. The molecule has 0 bridgehead atoms. The molecule has 0 aliphatic heterocycles. The van der Waals surface area contributed by atoms with Crippen LogP contribution in [0.4, 0.5) is 5.69 Å². The number of hydrogen-bond acceptors (Lipinski definition) is 3. The molecule has 0 radical (unpaired) electrons. The van der Waals surface area contributed by atoms with Crippen LogP contribution in [-0.4, -0.2) is 24.0 Å². The van der Waals surface area contributed by atoms with Crippen LogP contribution in [0.5, 0.6) is 0 Å². The molecule has 0 spiro atoms. The maximum atomic E-state index is 12.0. The standard InChI is InChI=1S/C24H39N3O2S/c1-3-4-5-6-7-8-9-10-11-12-13-14-22(28)27-24(30)26-21-17-15-20(16-18-21)19-23(29)25-2/h15-18H,3-14,19H2,1-2H3,(H,25,29)(H2,26,27,28,30). The van der Waals surface area contributed by atoms with Crippen LogP contribution in [0.25, 0.3) is 0 Å². The number of benzene rings is 1. The highest BCUT2D eigenvalue weighted by Gasteiger charge is 2.06. The molecular formula is C24H39N3O2S. The molecule has 0 saturated carbocycles. The third-order valence-electron chi connectivity index (χ3n) is 5.12. The van der Waals surface area contributed by atoms with Crippen molar-refractivity contribution in [3.8, 4) is 0 Å². The van der Waals surface area contributed by atoms with E-state index >= 15 is 0 Å². The minimum Gasteiger partial charge on any atom is -0.359 e. The summed E-state index contributed by atoms with van der Waals surface area (Å²) in [5, 5.41) is 8.65. The molecule has 0 aromatic heterocycles. The second-order valence-corrected chi connectivity index (χ2v) is 8.24. The van der Waals surface area contributed by atoms with E-state index in [-0.39, 0.29) is 11.8 Å². The Labute approximate surface area is 187 Å². The number of anilines is 1. The lowest BCUT2D eigenvalue weighted by molar-refractivity contribution is -0.120. The summed E-state index contributed by atoms with van der Waals surface area (Å²) in [6.45, 7) is 2.25. The molecule has 0 aliphatic rings. The minimum absolute atomic E-state index is 0.0269. The molecule has 30 heavy (non-hydrogen) atoms. The first-order valence-electron chi connectivity index (χ1n) is 11.5. The molecular weight excluding hydrogens is 394 g/mol. The first-order valence-corrected chi connectivity index (χ1v) is 11.9. The van der Waals surface area contributed by atoms with Gasteiger partial charge in [0.2, 0.25) is 11.8 Å². The normalized spacial score (nSPS) is 10.5. The molecule has 5 nitrogen and oxygen atoms in total. The highest BCUT2D eigenvalue weighted by atomic mass is 32.1. The van der Waals surface area contributed by atoms with Gasteiger partial charge in [0.25, 0.3) is 0 Å². The fourth-order valence-corrected chi connectivity index (χ4v) is 3.51. The highest BCUT2D eigenvalue weighted by Crippen LogP contribution is 2.12. The first kappa shape index (κ1) is 26.1. The van der Waals surface area contributed by atoms with Gasteiger partial charge in [-0.2, -0.15) is 0 Å². The van der Waals surface area contributed by atoms with Gasteiger partial charge in [0.15, 0.2) is 5.11 Å². The molecule has 1 rings (SSSR count). The van der Waals surface area contributed by atoms with Gasteiger partial charge in [-0.1, -0.05) is 83.3 Å². The largest absolute Gasteiger partial charge is 0.359 e. The van der Waals surface area contributed by atoms with E-state index in [1.807, 2.05) is 24.3 Å². The number of likely N-dealkylation sites (N-methyl/N-ethyl adjacent to an activating group) is 1. The van der Waals surface area contributed by atoms with Crippen molar-refractivity contribution in [2.75, 3.05) is 12.4 Å². The van der Waals surface area contributed by atoms with E-state index in [2.05, 4.69) is 22.9 Å². The average molecular weight is 434 g/mol. The molecule has 0 saturated heterocycles. The van der Waals surface area contributed by atoms with Gasteiger partial charge in [-0.25, -0.2) is 0 Å². The molecule has 0 aliphatic carbocycles. The molecule has 168 valence electrons. The SMILES string of the molecule is CCCCCCCCCCCCCC(=O)NC(=S)Nc1ccc(CC(=O)NC)cc1. The van der Waals surface area contributed by atoms with E-state index in [0.717, 1.165) is 24.1 Å². The monoisotopic (exact) mass is 433 g/mol. The molecule has 0 fully saturated rings. The molecule has 6 heteroatoms. The smallest absolute Gasteiger partial charge is 0.226 e. The van der Waals surface area contributed by atoms with E-state index in [4.69, 9.17) is 12.2 Å². The van der Waals surface area contributed by atoms with Crippen molar-refractivity contribution in [2.45, 2.75) is 90.4 Å². The van der Waals surface area contributed by atoms with Crippen LogP contribution in [0.3, 0.4) is 0 Å². The Morgan fingerprint density at radius 1 is 0.800 bits per heavy atom. The summed E-state index contributed by atoms with van der Waals surface area (Å²) in [4.78, 5) is 23.4. The molecule has 1 aromatic carbocycles. The van der Waals surface area contributed by atoms with Crippen LogP contribution in [0.15, 0.2) is 24.3 Å². The topological polar surface area (TPSA) is 70.2 Å². The number of thiocarbonyl (C=S) groups is 1. The number of amides is 2. The van der Waals surface area contributed by atoms with E-state index < -0.39 is 0 Å². The Balaban J connectivity index is 2.07. The van der Waals surface area contributed by atoms with Crippen LogP contribution >= 0.6 is 12.2 Å². The van der Waals surface area contributed by atoms with Gasteiger partial charge in [-0.3, -0.25) is 9.59 Å². The van der Waals surface area contributed by atoms with Crippen molar-refractivity contribution in [2.24, 2.45) is 0 Å². The van der Waals surface area contributed by atoms with Gasteiger partial charge in [-0.05, 0) is 36.3 Å². The second-order valence-electron chi connectivity index (χ2n) is 7.83. The lowest BCUT2D eigenvalue weighted by Gasteiger charge is -2.10. The summed E-state index contributed by atoms with van der Waals surface area (Å²) >= 11 is 5.21. The summed E-state index contributed by atoms with van der Waals surface area (Å²) in [6, 6.07) is 7.43. The van der Waals surface area contributed by atoms with E-state index in [1.165, 1.54) is 57.8 Å². The Hall–Kier alpha value is -1.95. The molecule has 2 amide bonds. The van der Waals surface area contributed by atoms with Crippen molar-refractivity contribution < 1.29 is 9.59 Å². The fourth-order valence-electron chi connectivity index (χ4n) is 3.28. The average Bonchev–Trinajstić information content (AvgIpc) is 2.73. The predicted octanol–water partition coefficient (Wildman–Crippen LogP) is 5.49. The van der Waals surface area contributed by atoms with E-state index in [1.54, 1.807) is 7.05 Å². The lowest BCUT2D eigenvalue weighted by Crippen LogP contribution is -2.33. The Morgan fingerprint density at radius 3 is 1.87 bits per heavy atom. The zero-order chi connectivity index (χ0) is 22.0. The van der Waals surface area contributed by atoms with Crippen molar-refractivity contribution in [1.29, 1.82) is 0 Å². The number of carbonyl (C=O) groups excluding carboxylic acids is 2. The summed E-state index contributed by atoms with van der Waals surface area (Å²) in [5.41, 5.74) is 1.71. The second kappa shape index (κ2) is 16.8. The van der Waals surface area contributed by atoms with Gasteiger partial charge < -0.3 is 16.0 Å². The van der Waals surface area contributed by atoms with Crippen molar-refractivity contribution >= 4 is 34.8 Å². The van der Waals surface area contributed by atoms with Gasteiger partial charge in [0.1, 0.15) is 0 Å². The van der Waals surface area contributed by atoms with Crippen LogP contribution in [0.1, 0.15) is 89.5 Å². The van der Waals surface area contributed by atoms with Gasteiger partial charge in [0, 0.05) is 19.2 Å². The zero-order valence-corrected chi connectivity index (χ0v) is 19.5. The quantitative estimate of drug-likeness (QED) is 0.253. The van der Waals surface area contributed by atoms with Crippen LogP contribution in [-0.2, 0) is 16.0 Å². The summed E-state index contributed by atoms with van der Waals surface area (Å²) in [5.74, 6) is -0.0689. The Bertz CT molecular complexity index is 632. The molecule has 0 heterocycles. The maximum absolute atomic E-state index is 12.0. The van der Waals surface area contributed by atoms with Crippen LogP contribution < -0.4 is 16.0 Å². The van der Waals surface area contributed by atoms with Gasteiger partial charge in [0.05, 0.1) is 6.42 Å². The van der Waals surface area contributed by atoms with Gasteiger partial charge in [-0.15, -0.1) is 0 Å². The minimum atomic E-state index is -0.0420. The molecule has 0 atom stereocenters. The predicted molar refractivity (Wildman–Crippen MR) is 130 cm³/mol. The number of carbonyl (C=O) groups is 2. The highest BCUT2D eigenvalue weighted by molar-refractivity contribution is 7.80. The fraction of sp³-hybridized carbons (Fsp3) is 0.625. The van der Waals surface area contributed by atoms with Crippen molar-refractivity contribution in [1.82, 2.24) is 10.6 Å². The number of nitrogens with one attached hydrogen (secondary N) is 3. The number of hydrogen-bond donors (Lipinski definition) is 3. The Morgan fingerprint density at radius 2 is 1.33 bits per heavy atom. The molecule has 0 unspecified atom stereocenters. The van der Waals surface area contributed by atoms with Gasteiger partial charge >= 0.3 is 0 Å². The third-order valence-corrected chi connectivity index (χ3v) is 5.32. The number of unbranched alkanes of at least 4 members (excludes halogenated alkanes) is 10. The summed E-state index contributed by atoms with van der Waals surface area (Å²) in [6.07, 6.45) is 14.8.